The van der Waals surface area contributed by atoms with Gasteiger partial charge in [0.2, 0.25) is 0 Å². The summed E-state index contributed by atoms with van der Waals surface area (Å²) in [6.45, 7) is 5.37. The van der Waals surface area contributed by atoms with Gasteiger partial charge in [0.25, 0.3) is 0 Å². The minimum Gasteiger partial charge on any atom is -0.314 e. The van der Waals surface area contributed by atoms with Gasteiger partial charge < -0.3 is 10.6 Å². The van der Waals surface area contributed by atoms with E-state index in [-0.39, 0.29) is 0 Å². The number of rotatable bonds is 12. The number of thiophene rings is 1. The summed E-state index contributed by atoms with van der Waals surface area (Å²) < 4.78 is 0. The lowest BCUT2D eigenvalue weighted by Crippen LogP contribution is -2.38. The van der Waals surface area contributed by atoms with Gasteiger partial charge in [0.05, 0.1) is 0 Å². The third-order valence-electron chi connectivity index (χ3n) is 3.73. The average molecular weight is 349 g/mol. The predicted octanol–water partition coefficient (Wildman–Crippen LogP) is 4.78. The molecule has 1 unspecified atom stereocenters. The number of thioether (sulfide) groups is 1. The molecule has 1 aromatic heterocycles. The highest BCUT2D eigenvalue weighted by Gasteiger charge is 2.07. The van der Waals surface area contributed by atoms with Crippen LogP contribution in [0.3, 0.4) is 0 Å². The topological polar surface area (TPSA) is 24.1 Å². The van der Waals surface area contributed by atoms with Crippen molar-refractivity contribution in [3.8, 4) is 0 Å². The molecule has 2 rings (SSSR count). The molecule has 0 amide bonds. The minimum atomic E-state index is 0.568. The van der Waals surface area contributed by atoms with Gasteiger partial charge in [-0.25, -0.2) is 0 Å². The molecule has 1 aromatic carbocycles. The lowest BCUT2D eigenvalue weighted by molar-refractivity contribution is 0.441. The molecular weight excluding hydrogens is 320 g/mol. The molecule has 2 N–H and O–H groups in total. The first kappa shape index (κ1) is 18.5. The van der Waals surface area contributed by atoms with Crippen molar-refractivity contribution < 1.29 is 0 Å². The van der Waals surface area contributed by atoms with Crippen LogP contribution in [0.1, 0.15) is 31.1 Å². The molecule has 23 heavy (non-hydrogen) atoms. The third-order valence-corrected chi connectivity index (χ3v) is 5.62. The van der Waals surface area contributed by atoms with Gasteiger partial charge in [0, 0.05) is 41.2 Å². The molecule has 0 fully saturated rings. The molecular formula is C19H28N2S2. The Morgan fingerprint density at radius 2 is 2.00 bits per heavy atom. The Labute approximate surface area is 149 Å². The van der Waals surface area contributed by atoms with Crippen molar-refractivity contribution in [3.05, 3.63) is 52.7 Å². The minimum absolute atomic E-state index is 0.568. The molecule has 2 nitrogen and oxygen atoms in total. The second-order valence-corrected chi connectivity index (χ2v) is 7.87. The molecule has 0 aliphatic rings. The van der Waals surface area contributed by atoms with E-state index in [1.165, 1.54) is 29.0 Å². The first-order valence-corrected chi connectivity index (χ1v) is 10.4. The normalized spacial score (nSPS) is 12.4. The van der Waals surface area contributed by atoms with Crippen molar-refractivity contribution in [3.63, 3.8) is 0 Å². The van der Waals surface area contributed by atoms with E-state index < -0.39 is 0 Å². The van der Waals surface area contributed by atoms with E-state index in [1.54, 1.807) is 0 Å². The van der Waals surface area contributed by atoms with Crippen LogP contribution >= 0.6 is 23.1 Å². The highest BCUT2D eigenvalue weighted by Crippen LogP contribution is 2.15. The van der Waals surface area contributed by atoms with E-state index in [4.69, 9.17) is 0 Å². The van der Waals surface area contributed by atoms with Crippen LogP contribution in [0.2, 0.25) is 0 Å². The second kappa shape index (κ2) is 11.7. The Morgan fingerprint density at radius 1 is 1.13 bits per heavy atom. The zero-order chi connectivity index (χ0) is 16.2. The molecule has 1 atom stereocenters. The largest absolute Gasteiger partial charge is 0.314 e. The second-order valence-electron chi connectivity index (χ2n) is 5.67. The zero-order valence-corrected chi connectivity index (χ0v) is 15.6. The van der Waals surface area contributed by atoms with Crippen LogP contribution in [0.25, 0.3) is 0 Å². The van der Waals surface area contributed by atoms with Gasteiger partial charge >= 0.3 is 0 Å². The van der Waals surface area contributed by atoms with E-state index in [0.29, 0.717) is 6.04 Å². The van der Waals surface area contributed by atoms with Crippen molar-refractivity contribution in [1.29, 1.82) is 0 Å². The maximum Gasteiger partial charge on any atom is 0.0302 e. The molecule has 0 saturated carbocycles. The Kier molecular flexibility index (Phi) is 9.41. The number of nitrogens with one attached hydrogen (secondary N) is 2. The molecule has 0 spiro atoms. The summed E-state index contributed by atoms with van der Waals surface area (Å²) in [4.78, 5) is 2.78. The predicted molar refractivity (Wildman–Crippen MR) is 105 cm³/mol. The number of hydrogen-bond acceptors (Lipinski definition) is 4. The van der Waals surface area contributed by atoms with Crippen molar-refractivity contribution in [1.82, 2.24) is 10.6 Å². The molecule has 4 heteroatoms. The summed E-state index contributed by atoms with van der Waals surface area (Å²) in [5, 5.41) is 9.47. The molecule has 2 aromatic rings. The molecule has 0 saturated heterocycles. The summed E-state index contributed by atoms with van der Waals surface area (Å²) in [6, 6.07) is 15.5. The average Bonchev–Trinajstić information content (AvgIpc) is 3.11. The fourth-order valence-corrected chi connectivity index (χ4v) is 3.91. The quantitative estimate of drug-likeness (QED) is 0.426. The van der Waals surface area contributed by atoms with Crippen LogP contribution in [-0.4, -0.2) is 24.9 Å². The molecule has 0 aliphatic carbocycles. The van der Waals surface area contributed by atoms with Gasteiger partial charge in [-0.1, -0.05) is 44.0 Å². The van der Waals surface area contributed by atoms with E-state index in [0.717, 1.165) is 25.4 Å². The van der Waals surface area contributed by atoms with Gasteiger partial charge in [-0.3, -0.25) is 0 Å². The SMILES string of the molecule is CCCCC(CNCCSc1ccccc1)NCc1cccs1. The first-order valence-electron chi connectivity index (χ1n) is 8.53. The Balaban J connectivity index is 1.62. The molecule has 0 aliphatic heterocycles. The first-order chi connectivity index (χ1) is 11.4. The van der Waals surface area contributed by atoms with Crippen molar-refractivity contribution in [2.45, 2.75) is 43.7 Å². The van der Waals surface area contributed by atoms with E-state index in [9.17, 15) is 0 Å². The van der Waals surface area contributed by atoms with Crippen LogP contribution in [0.4, 0.5) is 0 Å². The van der Waals surface area contributed by atoms with Crippen LogP contribution in [0.5, 0.6) is 0 Å². The maximum atomic E-state index is 3.71. The molecule has 1 heterocycles. The van der Waals surface area contributed by atoms with Gasteiger partial charge in [-0.15, -0.1) is 23.1 Å². The fraction of sp³-hybridized carbons (Fsp3) is 0.474. The van der Waals surface area contributed by atoms with E-state index in [1.807, 2.05) is 23.1 Å². The van der Waals surface area contributed by atoms with Gasteiger partial charge in [-0.2, -0.15) is 0 Å². The van der Waals surface area contributed by atoms with Gasteiger partial charge in [0.1, 0.15) is 0 Å². The van der Waals surface area contributed by atoms with Crippen molar-refractivity contribution >= 4 is 23.1 Å². The summed E-state index contributed by atoms with van der Waals surface area (Å²) in [5.74, 6) is 1.12. The molecule has 126 valence electrons. The van der Waals surface area contributed by atoms with Gasteiger partial charge in [0.15, 0.2) is 0 Å². The van der Waals surface area contributed by atoms with Crippen LogP contribution in [-0.2, 0) is 6.54 Å². The smallest absolute Gasteiger partial charge is 0.0302 e. The van der Waals surface area contributed by atoms with Crippen molar-refractivity contribution in [2.24, 2.45) is 0 Å². The van der Waals surface area contributed by atoms with E-state index in [2.05, 4.69) is 65.4 Å². The van der Waals surface area contributed by atoms with Crippen LogP contribution in [0.15, 0.2) is 52.7 Å². The Hall–Kier alpha value is -0.810. The number of hydrogen-bond donors (Lipinski definition) is 2. The lowest BCUT2D eigenvalue weighted by Gasteiger charge is -2.19. The van der Waals surface area contributed by atoms with Crippen LogP contribution in [0, 0.1) is 0 Å². The number of benzene rings is 1. The Morgan fingerprint density at radius 3 is 2.74 bits per heavy atom. The monoisotopic (exact) mass is 348 g/mol. The summed E-state index contributed by atoms with van der Waals surface area (Å²) in [7, 11) is 0. The van der Waals surface area contributed by atoms with E-state index >= 15 is 0 Å². The zero-order valence-electron chi connectivity index (χ0n) is 14.0. The standard InChI is InChI=1S/C19H28N2S2/c1-2-3-8-17(21-16-19-11-7-13-22-19)15-20-12-14-23-18-9-5-4-6-10-18/h4-7,9-11,13,17,20-21H,2-3,8,12,14-16H2,1H3. The fourth-order valence-electron chi connectivity index (χ4n) is 2.42. The third kappa shape index (κ3) is 8.02. The summed E-state index contributed by atoms with van der Waals surface area (Å²) in [5.41, 5.74) is 0. The molecule has 0 bridgehead atoms. The maximum absolute atomic E-state index is 3.71. The summed E-state index contributed by atoms with van der Waals surface area (Å²) in [6.07, 6.45) is 3.81. The highest BCUT2D eigenvalue weighted by atomic mass is 32.2. The Bertz CT molecular complexity index is 499. The molecule has 0 radical (unpaired) electrons. The highest BCUT2D eigenvalue weighted by molar-refractivity contribution is 7.99. The lowest BCUT2D eigenvalue weighted by atomic mass is 10.1. The summed E-state index contributed by atoms with van der Waals surface area (Å²) >= 11 is 3.75. The number of unbranched alkanes of at least 4 members (excludes halogenated alkanes) is 1. The van der Waals surface area contributed by atoms with Gasteiger partial charge in [-0.05, 0) is 30.0 Å². The van der Waals surface area contributed by atoms with Crippen LogP contribution < -0.4 is 10.6 Å². The van der Waals surface area contributed by atoms with Crippen molar-refractivity contribution in [2.75, 3.05) is 18.8 Å².